The number of aryl methyl sites for hydroxylation is 1. The van der Waals surface area contributed by atoms with Crippen LogP contribution in [0.2, 0.25) is 0 Å². The normalized spacial score (nSPS) is 11.7. The molecule has 3 N–H and O–H groups in total. The largest absolute Gasteiger partial charge is 0.320 e. The second kappa shape index (κ2) is 6.97. The van der Waals surface area contributed by atoms with Gasteiger partial charge in [0.2, 0.25) is 10.0 Å². The minimum atomic E-state index is -3.32. The van der Waals surface area contributed by atoms with Crippen LogP contribution in [-0.4, -0.2) is 20.7 Å². The molecule has 0 spiro atoms. The van der Waals surface area contributed by atoms with E-state index in [-0.39, 0.29) is 11.2 Å². The Bertz CT molecular complexity index is 647. The standard InChI is InChI=1S/C16H24N2O2S/c1-13-12-15(8-7-14(13)6-5-10-17)18-21(19,20)11-9-16(2,3)4/h7-8,12,18H,9-11,17H2,1-4H3. The number of benzene rings is 1. The Hall–Kier alpha value is -1.51. The molecule has 0 aromatic heterocycles. The third kappa shape index (κ3) is 6.65. The smallest absolute Gasteiger partial charge is 0.232 e. The van der Waals surface area contributed by atoms with Gasteiger partial charge in [0.15, 0.2) is 0 Å². The first-order valence-corrected chi connectivity index (χ1v) is 8.58. The number of sulfonamides is 1. The van der Waals surface area contributed by atoms with Crippen molar-refractivity contribution in [2.45, 2.75) is 34.1 Å². The fourth-order valence-corrected chi connectivity index (χ4v) is 3.15. The van der Waals surface area contributed by atoms with Crippen LogP contribution >= 0.6 is 0 Å². The van der Waals surface area contributed by atoms with Gasteiger partial charge in [0, 0.05) is 11.3 Å². The molecule has 5 heteroatoms. The Morgan fingerprint density at radius 1 is 1.29 bits per heavy atom. The van der Waals surface area contributed by atoms with Crippen molar-refractivity contribution in [1.29, 1.82) is 0 Å². The molecule has 0 saturated carbocycles. The first kappa shape index (κ1) is 17.5. The maximum absolute atomic E-state index is 12.1. The van der Waals surface area contributed by atoms with Crippen LogP contribution in [0.25, 0.3) is 0 Å². The van der Waals surface area contributed by atoms with Gasteiger partial charge in [0.25, 0.3) is 0 Å². The van der Waals surface area contributed by atoms with Crippen LogP contribution < -0.4 is 10.5 Å². The van der Waals surface area contributed by atoms with E-state index in [1.807, 2.05) is 27.7 Å². The van der Waals surface area contributed by atoms with Crippen molar-refractivity contribution in [3.63, 3.8) is 0 Å². The van der Waals surface area contributed by atoms with Gasteiger partial charge in [-0.2, -0.15) is 0 Å². The van der Waals surface area contributed by atoms with Gasteiger partial charge in [-0.25, -0.2) is 8.42 Å². The molecule has 0 aliphatic carbocycles. The van der Waals surface area contributed by atoms with E-state index in [1.54, 1.807) is 18.2 Å². The summed E-state index contributed by atoms with van der Waals surface area (Å²) in [5.74, 6) is 5.86. The van der Waals surface area contributed by atoms with Gasteiger partial charge >= 0.3 is 0 Å². The molecule has 0 radical (unpaired) electrons. The van der Waals surface area contributed by atoms with Gasteiger partial charge < -0.3 is 5.73 Å². The lowest BCUT2D eigenvalue weighted by Crippen LogP contribution is -2.21. The maximum Gasteiger partial charge on any atom is 0.232 e. The predicted octanol–water partition coefficient (Wildman–Crippen LogP) is 2.48. The molecular formula is C16H24N2O2S. The number of nitrogens with one attached hydrogen (secondary N) is 1. The topological polar surface area (TPSA) is 72.2 Å². The van der Waals surface area contributed by atoms with E-state index in [4.69, 9.17) is 5.73 Å². The molecule has 4 nitrogen and oxygen atoms in total. The highest BCUT2D eigenvalue weighted by molar-refractivity contribution is 7.92. The van der Waals surface area contributed by atoms with Crippen LogP contribution in [0.15, 0.2) is 18.2 Å². The molecule has 0 heterocycles. The van der Waals surface area contributed by atoms with E-state index >= 15 is 0 Å². The van der Waals surface area contributed by atoms with Crippen LogP contribution in [0.1, 0.15) is 38.3 Å². The number of hydrogen-bond acceptors (Lipinski definition) is 3. The van der Waals surface area contributed by atoms with Gasteiger partial charge in [-0.05, 0) is 42.5 Å². The third-order valence-electron chi connectivity index (χ3n) is 2.95. The summed E-state index contributed by atoms with van der Waals surface area (Å²) in [4.78, 5) is 0. The van der Waals surface area contributed by atoms with Gasteiger partial charge in [-0.1, -0.05) is 32.6 Å². The molecule has 0 unspecified atom stereocenters. The van der Waals surface area contributed by atoms with Crippen molar-refractivity contribution in [1.82, 2.24) is 0 Å². The molecule has 0 aliphatic heterocycles. The Kier molecular flexibility index (Phi) is 5.82. The number of rotatable bonds is 4. The summed E-state index contributed by atoms with van der Waals surface area (Å²) >= 11 is 0. The Balaban J connectivity index is 2.81. The van der Waals surface area contributed by atoms with Crippen molar-refractivity contribution in [3.05, 3.63) is 29.3 Å². The zero-order valence-electron chi connectivity index (χ0n) is 13.2. The maximum atomic E-state index is 12.1. The van der Waals surface area contributed by atoms with E-state index in [2.05, 4.69) is 16.6 Å². The molecule has 0 fully saturated rings. The van der Waals surface area contributed by atoms with Crippen molar-refractivity contribution >= 4 is 15.7 Å². The molecule has 1 aromatic carbocycles. The molecule has 1 aromatic rings. The van der Waals surface area contributed by atoms with Gasteiger partial charge in [-0.15, -0.1) is 0 Å². The molecule has 0 atom stereocenters. The SMILES string of the molecule is Cc1cc(NS(=O)(=O)CCC(C)(C)C)ccc1C#CCN. The molecule has 0 amide bonds. The highest BCUT2D eigenvalue weighted by Crippen LogP contribution is 2.21. The molecule has 0 saturated heterocycles. The lowest BCUT2D eigenvalue weighted by Gasteiger charge is -2.18. The Morgan fingerprint density at radius 3 is 2.48 bits per heavy atom. The number of nitrogens with two attached hydrogens (primary N) is 1. The molecular weight excluding hydrogens is 284 g/mol. The zero-order valence-corrected chi connectivity index (χ0v) is 14.0. The first-order valence-electron chi connectivity index (χ1n) is 6.93. The first-order chi connectivity index (χ1) is 9.63. The Labute approximate surface area is 128 Å². The van der Waals surface area contributed by atoms with Gasteiger partial charge in [0.05, 0.1) is 12.3 Å². The van der Waals surface area contributed by atoms with Crippen LogP contribution in [0.4, 0.5) is 5.69 Å². The highest BCUT2D eigenvalue weighted by atomic mass is 32.2. The van der Waals surface area contributed by atoms with Crippen molar-refractivity contribution in [2.75, 3.05) is 17.0 Å². The minimum absolute atomic E-state index is 0.00760. The summed E-state index contributed by atoms with van der Waals surface area (Å²) in [6.07, 6.45) is 0.612. The van der Waals surface area contributed by atoms with E-state index in [1.165, 1.54) is 0 Å². The number of anilines is 1. The zero-order chi connectivity index (χ0) is 16.1. The molecule has 21 heavy (non-hydrogen) atoms. The van der Waals surface area contributed by atoms with Crippen LogP contribution in [0.5, 0.6) is 0 Å². The highest BCUT2D eigenvalue weighted by Gasteiger charge is 2.17. The van der Waals surface area contributed by atoms with Gasteiger partial charge in [0.1, 0.15) is 0 Å². The van der Waals surface area contributed by atoms with E-state index < -0.39 is 10.0 Å². The predicted molar refractivity (Wildman–Crippen MR) is 88.6 cm³/mol. The Morgan fingerprint density at radius 2 is 1.95 bits per heavy atom. The fourth-order valence-electron chi connectivity index (χ4n) is 1.68. The van der Waals surface area contributed by atoms with Crippen LogP contribution in [-0.2, 0) is 10.0 Å². The minimum Gasteiger partial charge on any atom is -0.320 e. The lowest BCUT2D eigenvalue weighted by molar-refractivity contribution is 0.397. The summed E-state index contributed by atoms with van der Waals surface area (Å²) < 4.78 is 26.7. The molecule has 1 rings (SSSR count). The van der Waals surface area contributed by atoms with E-state index in [0.717, 1.165) is 11.1 Å². The summed E-state index contributed by atoms with van der Waals surface area (Å²) in [5, 5.41) is 0. The molecule has 116 valence electrons. The average Bonchev–Trinajstić information content (AvgIpc) is 2.34. The quantitative estimate of drug-likeness (QED) is 0.839. The second-order valence-corrected chi connectivity index (χ2v) is 8.11. The average molecular weight is 308 g/mol. The van der Waals surface area contributed by atoms with Crippen LogP contribution in [0, 0.1) is 24.2 Å². The lowest BCUT2D eigenvalue weighted by atomic mass is 9.94. The summed E-state index contributed by atoms with van der Waals surface area (Å²) in [5.41, 5.74) is 7.69. The fraction of sp³-hybridized carbons (Fsp3) is 0.500. The van der Waals surface area contributed by atoms with Crippen molar-refractivity contribution < 1.29 is 8.42 Å². The molecule has 0 aliphatic rings. The summed E-state index contributed by atoms with van der Waals surface area (Å²) in [7, 11) is -3.32. The monoisotopic (exact) mass is 308 g/mol. The van der Waals surface area contributed by atoms with Crippen LogP contribution in [0.3, 0.4) is 0 Å². The van der Waals surface area contributed by atoms with E-state index in [9.17, 15) is 8.42 Å². The van der Waals surface area contributed by atoms with Crippen molar-refractivity contribution in [3.8, 4) is 11.8 Å². The van der Waals surface area contributed by atoms with Gasteiger partial charge in [-0.3, -0.25) is 4.72 Å². The summed E-state index contributed by atoms with van der Waals surface area (Å²) in [6, 6.07) is 5.32. The summed E-state index contributed by atoms with van der Waals surface area (Å²) in [6.45, 7) is 8.28. The number of hydrogen-bond donors (Lipinski definition) is 2. The van der Waals surface area contributed by atoms with E-state index in [0.29, 0.717) is 18.7 Å². The molecule has 0 bridgehead atoms. The third-order valence-corrected chi connectivity index (χ3v) is 4.23. The van der Waals surface area contributed by atoms with Crippen molar-refractivity contribution in [2.24, 2.45) is 11.1 Å². The second-order valence-electron chi connectivity index (χ2n) is 6.27.